The predicted octanol–water partition coefficient (Wildman–Crippen LogP) is -3.54. The van der Waals surface area contributed by atoms with Gasteiger partial charge in [0.25, 0.3) is 0 Å². The van der Waals surface area contributed by atoms with Crippen LogP contribution in [0.2, 0.25) is 0 Å². The first-order chi connectivity index (χ1) is 9.49. The summed E-state index contributed by atoms with van der Waals surface area (Å²) in [5.41, 5.74) is 0.868. The maximum atomic E-state index is 10.7. The van der Waals surface area contributed by atoms with Crippen LogP contribution in [0.1, 0.15) is 17.3 Å². The number of hydrogen-bond donors (Lipinski definition) is 4. The van der Waals surface area contributed by atoms with E-state index >= 15 is 0 Å². The molecule has 0 saturated carbocycles. The van der Waals surface area contributed by atoms with E-state index in [1.54, 1.807) is 12.1 Å². The summed E-state index contributed by atoms with van der Waals surface area (Å²) in [7, 11) is 0. The van der Waals surface area contributed by atoms with E-state index in [0.717, 1.165) is 0 Å². The molecule has 0 spiro atoms. The van der Waals surface area contributed by atoms with Crippen LogP contribution in [0.5, 0.6) is 0 Å². The zero-order chi connectivity index (χ0) is 14.7. The first kappa shape index (κ1) is 19.2. The van der Waals surface area contributed by atoms with Gasteiger partial charge in [0.15, 0.2) is 6.29 Å². The van der Waals surface area contributed by atoms with Gasteiger partial charge in [0.05, 0.1) is 18.8 Å². The molecule has 0 bridgehead atoms. The molecule has 1 saturated heterocycles. The normalized spacial score (nSPS) is 28.7. The van der Waals surface area contributed by atoms with Crippen molar-refractivity contribution in [3.63, 3.8) is 0 Å². The molecule has 1 aromatic rings. The number of aliphatic hydroxyl groups excluding tert-OH is 3. The molecule has 21 heavy (non-hydrogen) atoms. The zero-order valence-electron chi connectivity index (χ0n) is 12.5. The van der Waals surface area contributed by atoms with Gasteiger partial charge >= 0.3 is 57.4 Å². The van der Waals surface area contributed by atoms with Crippen LogP contribution in [0.3, 0.4) is 0 Å². The quantitative estimate of drug-likeness (QED) is 0.424. The number of carbonyl (C=O) groups is 1. The van der Waals surface area contributed by atoms with Crippen LogP contribution in [0.15, 0.2) is 24.3 Å². The molecule has 0 aromatic heterocycles. The minimum atomic E-state index is -1.34. The Hall–Kier alpha value is 0.126. The smallest absolute Gasteiger partial charge is 1.00 e. The second-order valence-corrected chi connectivity index (χ2v) is 4.56. The van der Waals surface area contributed by atoms with Gasteiger partial charge in [-0.1, -0.05) is 12.1 Å². The summed E-state index contributed by atoms with van der Waals surface area (Å²) in [4.78, 5) is 10.7. The number of aromatic carboxylic acids is 1. The van der Waals surface area contributed by atoms with Gasteiger partial charge < -0.3 is 31.3 Å². The fourth-order valence-corrected chi connectivity index (χ4v) is 1.85. The number of ether oxygens (including phenoxy) is 2. The molecule has 1 fully saturated rings. The number of rotatable bonds is 4. The Morgan fingerprint density at radius 1 is 1.24 bits per heavy atom. The largest absolute Gasteiger partial charge is 1.00 e. The number of aliphatic hydroxyl groups is 3. The molecule has 4 N–H and O–H groups in total. The Bertz CT molecular complexity index is 470. The van der Waals surface area contributed by atoms with Crippen LogP contribution < -0.4 is 51.4 Å². The van der Waals surface area contributed by atoms with Crippen molar-refractivity contribution in [2.45, 2.75) is 31.2 Å². The molecule has 1 aromatic carbocycles. The van der Waals surface area contributed by atoms with E-state index in [4.69, 9.17) is 14.6 Å². The van der Waals surface area contributed by atoms with Crippen LogP contribution >= 0.6 is 0 Å². The standard InChI is InChI=1S/C13H16O7.K.H/c14-9-6-20-13(11(16)10(9)15)19-5-7-1-3-8(4-2-7)12(17)18;;/h1-4,9-11,13-16H,5-6H2,(H,17,18);;/q;+1;-1/t9-,10+,11-,13+;;/m1../s1. The Morgan fingerprint density at radius 3 is 2.43 bits per heavy atom. The molecule has 112 valence electrons. The Labute approximate surface area is 165 Å². The van der Waals surface area contributed by atoms with Crippen molar-refractivity contribution in [2.24, 2.45) is 0 Å². The van der Waals surface area contributed by atoms with Crippen molar-refractivity contribution in [1.82, 2.24) is 0 Å². The molecule has 1 aliphatic heterocycles. The van der Waals surface area contributed by atoms with E-state index in [0.29, 0.717) is 5.56 Å². The zero-order valence-corrected chi connectivity index (χ0v) is 14.7. The second kappa shape index (κ2) is 8.68. The SMILES string of the molecule is O=C(O)c1ccc(CO[C@H]2OC[C@@H](O)[C@H](O)[C@H]2O)cc1.[H-].[K+]. The predicted molar refractivity (Wildman–Crippen MR) is 67.1 cm³/mol. The Morgan fingerprint density at radius 2 is 1.86 bits per heavy atom. The van der Waals surface area contributed by atoms with E-state index in [2.05, 4.69) is 0 Å². The van der Waals surface area contributed by atoms with Gasteiger partial charge in [-0.3, -0.25) is 0 Å². The minimum Gasteiger partial charge on any atom is -1.00 e. The Balaban J connectivity index is 0.00000220. The van der Waals surface area contributed by atoms with E-state index in [9.17, 15) is 20.1 Å². The fourth-order valence-electron chi connectivity index (χ4n) is 1.85. The number of benzene rings is 1. The molecule has 0 radical (unpaired) electrons. The average molecular weight is 324 g/mol. The summed E-state index contributed by atoms with van der Waals surface area (Å²) < 4.78 is 10.4. The van der Waals surface area contributed by atoms with Crippen LogP contribution in [0.4, 0.5) is 0 Å². The van der Waals surface area contributed by atoms with Crippen LogP contribution in [0.25, 0.3) is 0 Å². The summed E-state index contributed by atoms with van der Waals surface area (Å²) in [5, 5.41) is 37.2. The van der Waals surface area contributed by atoms with Crippen molar-refractivity contribution in [1.29, 1.82) is 0 Å². The molecule has 0 amide bonds. The van der Waals surface area contributed by atoms with Gasteiger partial charge in [0, 0.05) is 0 Å². The molecule has 1 aliphatic rings. The van der Waals surface area contributed by atoms with Gasteiger partial charge in [0.1, 0.15) is 18.3 Å². The third kappa shape index (κ3) is 5.07. The average Bonchev–Trinajstić information content (AvgIpc) is 2.44. The van der Waals surface area contributed by atoms with Gasteiger partial charge in [0.2, 0.25) is 0 Å². The molecule has 1 heterocycles. The van der Waals surface area contributed by atoms with Crippen molar-refractivity contribution < 1.29 is 87.5 Å². The molecular formula is C13H17KO7. The van der Waals surface area contributed by atoms with Crippen molar-refractivity contribution in [2.75, 3.05) is 6.61 Å². The van der Waals surface area contributed by atoms with Crippen molar-refractivity contribution in [3.8, 4) is 0 Å². The molecule has 8 heteroatoms. The Kier molecular flexibility index (Phi) is 7.92. The summed E-state index contributed by atoms with van der Waals surface area (Å²) in [5.74, 6) is -1.01. The first-order valence-corrected chi connectivity index (χ1v) is 6.08. The number of carboxylic acid groups (broad SMARTS) is 1. The summed E-state index contributed by atoms with van der Waals surface area (Å²) >= 11 is 0. The number of hydrogen-bond acceptors (Lipinski definition) is 6. The maximum Gasteiger partial charge on any atom is 1.00 e. The van der Waals surface area contributed by atoms with Crippen LogP contribution in [-0.2, 0) is 16.1 Å². The molecule has 0 unspecified atom stereocenters. The van der Waals surface area contributed by atoms with Gasteiger partial charge in [-0.15, -0.1) is 0 Å². The van der Waals surface area contributed by atoms with E-state index < -0.39 is 30.6 Å². The molecule has 7 nitrogen and oxygen atoms in total. The van der Waals surface area contributed by atoms with Gasteiger partial charge in [-0.25, -0.2) is 4.79 Å². The molecule has 4 atom stereocenters. The van der Waals surface area contributed by atoms with E-state index in [-0.39, 0.29) is 71.6 Å². The molecule has 2 rings (SSSR count). The van der Waals surface area contributed by atoms with Crippen molar-refractivity contribution >= 4 is 5.97 Å². The third-order valence-electron chi connectivity index (χ3n) is 3.07. The van der Waals surface area contributed by atoms with E-state index in [1.807, 2.05) is 0 Å². The van der Waals surface area contributed by atoms with Gasteiger partial charge in [-0.2, -0.15) is 0 Å². The summed E-state index contributed by atoms with van der Waals surface area (Å²) in [6, 6.07) is 6.06. The van der Waals surface area contributed by atoms with Crippen LogP contribution in [0, 0.1) is 0 Å². The third-order valence-corrected chi connectivity index (χ3v) is 3.07. The summed E-state index contributed by atoms with van der Waals surface area (Å²) in [6.45, 7) is -0.0364. The topological polar surface area (TPSA) is 116 Å². The van der Waals surface area contributed by atoms with Crippen LogP contribution in [-0.4, -0.2) is 57.6 Å². The maximum absolute atomic E-state index is 10.7. The second-order valence-electron chi connectivity index (χ2n) is 4.56. The molecular weight excluding hydrogens is 307 g/mol. The van der Waals surface area contributed by atoms with Gasteiger partial charge in [-0.05, 0) is 17.7 Å². The number of carboxylic acids is 1. The first-order valence-electron chi connectivity index (χ1n) is 6.08. The monoisotopic (exact) mass is 324 g/mol. The minimum absolute atomic E-state index is 0. The fraction of sp³-hybridized carbons (Fsp3) is 0.462. The molecule has 0 aliphatic carbocycles. The van der Waals surface area contributed by atoms with E-state index in [1.165, 1.54) is 12.1 Å². The summed E-state index contributed by atoms with van der Waals surface area (Å²) in [6.07, 6.45) is -4.83. The van der Waals surface area contributed by atoms with Crippen molar-refractivity contribution in [3.05, 3.63) is 35.4 Å².